The van der Waals surface area contributed by atoms with E-state index in [1.807, 2.05) is 25.1 Å². The molecule has 0 heterocycles. The van der Waals surface area contributed by atoms with E-state index in [-0.39, 0.29) is 11.3 Å². The van der Waals surface area contributed by atoms with Gasteiger partial charge in [0.15, 0.2) is 0 Å². The normalized spacial score (nSPS) is 12.0. The topological polar surface area (TPSA) is 35.5 Å². The van der Waals surface area contributed by atoms with E-state index in [2.05, 4.69) is 0 Å². The molecule has 0 N–H and O–H groups in total. The number of halogens is 1. The van der Waals surface area contributed by atoms with Gasteiger partial charge in [-0.3, -0.25) is 4.79 Å². The fourth-order valence-corrected chi connectivity index (χ4v) is 1.99. The number of carbonyl (C=O) groups excluding carboxylic acids is 1. The molecule has 0 aliphatic heterocycles. The van der Waals surface area contributed by atoms with Crippen molar-refractivity contribution in [2.75, 3.05) is 13.7 Å². The Hall–Kier alpha value is -1.22. The smallest absolute Gasteiger partial charge is 0.305 e. The summed E-state index contributed by atoms with van der Waals surface area (Å²) in [5.74, 6) is 0.640. The highest BCUT2D eigenvalue weighted by molar-refractivity contribution is 6.20. The molecule has 3 nitrogen and oxygen atoms in total. The monoisotopic (exact) mass is 270 g/mol. The Morgan fingerprint density at radius 3 is 2.72 bits per heavy atom. The average Bonchev–Trinajstić information content (AvgIpc) is 2.36. The number of hydrogen-bond acceptors (Lipinski definition) is 3. The van der Waals surface area contributed by atoms with E-state index in [4.69, 9.17) is 21.1 Å². The summed E-state index contributed by atoms with van der Waals surface area (Å²) >= 11 is 6.27. The van der Waals surface area contributed by atoms with Crippen LogP contribution in [0.3, 0.4) is 0 Å². The predicted molar refractivity (Wildman–Crippen MR) is 72.2 cm³/mol. The fourth-order valence-electron chi connectivity index (χ4n) is 1.74. The molecule has 0 saturated carbocycles. The van der Waals surface area contributed by atoms with Crippen LogP contribution < -0.4 is 4.74 Å². The molecule has 0 bridgehead atoms. The Labute approximate surface area is 113 Å². The van der Waals surface area contributed by atoms with E-state index in [9.17, 15) is 4.79 Å². The zero-order valence-electron chi connectivity index (χ0n) is 11.0. The molecule has 1 unspecified atom stereocenters. The summed E-state index contributed by atoms with van der Waals surface area (Å²) in [6, 6.07) is 5.81. The van der Waals surface area contributed by atoms with Crippen LogP contribution >= 0.6 is 11.6 Å². The van der Waals surface area contributed by atoms with Crippen molar-refractivity contribution in [2.24, 2.45) is 0 Å². The van der Waals surface area contributed by atoms with Gasteiger partial charge in [0.1, 0.15) is 5.75 Å². The van der Waals surface area contributed by atoms with Crippen molar-refractivity contribution in [2.45, 2.75) is 32.1 Å². The summed E-state index contributed by atoms with van der Waals surface area (Å²) in [5.41, 5.74) is 2.04. The molecule has 0 fully saturated rings. The molecule has 1 rings (SSSR count). The highest BCUT2D eigenvalue weighted by atomic mass is 35.5. The highest BCUT2D eigenvalue weighted by Gasteiger charge is 2.12. The van der Waals surface area contributed by atoms with E-state index < -0.39 is 0 Å². The van der Waals surface area contributed by atoms with Crippen molar-refractivity contribution in [3.8, 4) is 5.75 Å². The maximum Gasteiger partial charge on any atom is 0.305 e. The molecule has 1 aromatic carbocycles. The lowest BCUT2D eigenvalue weighted by Crippen LogP contribution is -2.05. The SMILES string of the molecule is CCOC(=O)CCC(Cl)c1ccc(OC)c(C)c1. The van der Waals surface area contributed by atoms with Gasteiger partial charge in [0.2, 0.25) is 0 Å². The van der Waals surface area contributed by atoms with Gasteiger partial charge >= 0.3 is 5.97 Å². The quantitative estimate of drug-likeness (QED) is 0.585. The lowest BCUT2D eigenvalue weighted by atomic mass is 10.0. The van der Waals surface area contributed by atoms with Gasteiger partial charge in [-0.1, -0.05) is 12.1 Å². The second-order valence-electron chi connectivity index (χ2n) is 4.04. The van der Waals surface area contributed by atoms with Crippen molar-refractivity contribution >= 4 is 17.6 Å². The van der Waals surface area contributed by atoms with Crippen LogP contribution in [0, 0.1) is 6.92 Å². The molecular weight excluding hydrogens is 252 g/mol. The van der Waals surface area contributed by atoms with Crippen LogP contribution in [0.25, 0.3) is 0 Å². The van der Waals surface area contributed by atoms with Gasteiger partial charge in [0, 0.05) is 6.42 Å². The van der Waals surface area contributed by atoms with Crippen LogP contribution in [0.4, 0.5) is 0 Å². The van der Waals surface area contributed by atoms with E-state index in [0.717, 1.165) is 16.9 Å². The average molecular weight is 271 g/mol. The van der Waals surface area contributed by atoms with Gasteiger partial charge in [-0.25, -0.2) is 0 Å². The Balaban J connectivity index is 2.58. The molecule has 100 valence electrons. The van der Waals surface area contributed by atoms with E-state index in [1.165, 1.54) is 0 Å². The molecule has 0 saturated heterocycles. The van der Waals surface area contributed by atoms with Gasteiger partial charge in [0.25, 0.3) is 0 Å². The van der Waals surface area contributed by atoms with E-state index in [1.54, 1.807) is 14.0 Å². The van der Waals surface area contributed by atoms with Gasteiger partial charge in [0.05, 0.1) is 19.1 Å². The predicted octanol–water partition coefficient (Wildman–Crippen LogP) is 3.63. The van der Waals surface area contributed by atoms with Crippen LogP contribution in [0.15, 0.2) is 18.2 Å². The van der Waals surface area contributed by atoms with Crippen LogP contribution in [0.5, 0.6) is 5.75 Å². The zero-order valence-corrected chi connectivity index (χ0v) is 11.8. The summed E-state index contributed by atoms with van der Waals surface area (Å²) in [6.07, 6.45) is 0.916. The lowest BCUT2D eigenvalue weighted by Gasteiger charge is -2.12. The number of esters is 1. The van der Waals surface area contributed by atoms with Crippen molar-refractivity contribution in [1.82, 2.24) is 0 Å². The van der Waals surface area contributed by atoms with Gasteiger partial charge in [-0.2, -0.15) is 0 Å². The number of carbonyl (C=O) groups is 1. The number of rotatable bonds is 6. The molecule has 0 aromatic heterocycles. The largest absolute Gasteiger partial charge is 0.496 e. The third-order valence-electron chi connectivity index (χ3n) is 2.69. The maximum absolute atomic E-state index is 11.2. The first-order valence-corrected chi connectivity index (χ1v) is 6.46. The molecule has 0 spiro atoms. The lowest BCUT2D eigenvalue weighted by molar-refractivity contribution is -0.143. The van der Waals surface area contributed by atoms with Crippen molar-refractivity contribution in [3.63, 3.8) is 0 Å². The minimum absolute atomic E-state index is 0.181. The minimum atomic E-state index is -0.201. The molecule has 0 aliphatic carbocycles. The summed E-state index contributed by atoms with van der Waals surface area (Å²) in [6.45, 7) is 4.17. The van der Waals surface area contributed by atoms with E-state index >= 15 is 0 Å². The molecule has 1 atom stereocenters. The number of alkyl halides is 1. The standard InChI is InChI=1S/C14H19ClO3/c1-4-18-14(16)8-6-12(15)11-5-7-13(17-3)10(2)9-11/h5,7,9,12H,4,6,8H2,1-3H3. The first kappa shape index (κ1) is 14.8. The first-order valence-electron chi connectivity index (χ1n) is 6.02. The Kier molecular flexibility index (Phi) is 5.99. The molecule has 0 amide bonds. The van der Waals surface area contributed by atoms with Gasteiger partial charge < -0.3 is 9.47 Å². The molecule has 0 radical (unpaired) electrons. The maximum atomic E-state index is 11.2. The van der Waals surface area contributed by atoms with Gasteiger partial charge in [-0.15, -0.1) is 11.6 Å². The number of aryl methyl sites for hydroxylation is 1. The number of benzene rings is 1. The highest BCUT2D eigenvalue weighted by Crippen LogP contribution is 2.29. The first-order chi connectivity index (χ1) is 8.58. The molecule has 4 heteroatoms. The fraction of sp³-hybridized carbons (Fsp3) is 0.500. The van der Waals surface area contributed by atoms with Crippen LogP contribution in [-0.4, -0.2) is 19.7 Å². The minimum Gasteiger partial charge on any atom is -0.496 e. The summed E-state index contributed by atoms with van der Waals surface area (Å²) in [5, 5.41) is -0.181. The zero-order chi connectivity index (χ0) is 13.5. The molecular formula is C14H19ClO3. The molecule has 0 aliphatic rings. The third-order valence-corrected chi connectivity index (χ3v) is 3.16. The third kappa shape index (κ3) is 4.22. The number of hydrogen-bond donors (Lipinski definition) is 0. The second-order valence-corrected chi connectivity index (χ2v) is 4.57. The Bertz CT molecular complexity index is 404. The van der Waals surface area contributed by atoms with Crippen LogP contribution in [0.1, 0.15) is 36.3 Å². The summed E-state index contributed by atoms with van der Waals surface area (Å²) in [7, 11) is 1.64. The number of methoxy groups -OCH3 is 1. The van der Waals surface area contributed by atoms with Gasteiger partial charge in [-0.05, 0) is 37.5 Å². The summed E-state index contributed by atoms with van der Waals surface area (Å²) in [4.78, 5) is 11.2. The van der Waals surface area contributed by atoms with Crippen molar-refractivity contribution < 1.29 is 14.3 Å². The molecule has 18 heavy (non-hydrogen) atoms. The van der Waals surface area contributed by atoms with Crippen molar-refractivity contribution in [1.29, 1.82) is 0 Å². The second kappa shape index (κ2) is 7.27. The van der Waals surface area contributed by atoms with E-state index in [0.29, 0.717) is 19.4 Å². The Morgan fingerprint density at radius 1 is 1.44 bits per heavy atom. The van der Waals surface area contributed by atoms with Crippen LogP contribution in [-0.2, 0) is 9.53 Å². The number of ether oxygens (including phenoxy) is 2. The summed E-state index contributed by atoms with van der Waals surface area (Å²) < 4.78 is 10.1. The van der Waals surface area contributed by atoms with Crippen molar-refractivity contribution in [3.05, 3.63) is 29.3 Å². The van der Waals surface area contributed by atoms with Crippen LogP contribution in [0.2, 0.25) is 0 Å². The Morgan fingerprint density at radius 2 is 2.17 bits per heavy atom. The molecule has 1 aromatic rings.